The number of carbonyl (C=O) groups is 7. The van der Waals surface area contributed by atoms with E-state index >= 15 is 0 Å². The topological polar surface area (TPSA) is 650 Å². The molecule has 6 rings (SSSR count). The molecule has 818 valence electrons. The average Bonchev–Trinajstić information content (AvgIpc) is 0.804. The van der Waals surface area contributed by atoms with E-state index in [0.29, 0.717) is 103 Å². The van der Waals surface area contributed by atoms with Gasteiger partial charge in [-0.3, -0.25) is 33.6 Å². The molecule has 0 spiro atoms. The monoisotopic (exact) mass is 2090 g/mol. The Labute approximate surface area is 822 Å². The van der Waals surface area contributed by atoms with Gasteiger partial charge in [0.05, 0.1) is 168 Å². The molecule has 5 unspecified atom stereocenters. The van der Waals surface area contributed by atoms with Crippen LogP contribution in [0.2, 0.25) is 0 Å². The Hall–Kier alpha value is -12.6. The molecule has 5 aromatic heterocycles. The summed E-state index contributed by atoms with van der Waals surface area (Å²) in [6, 6.07) is 0. The van der Waals surface area contributed by atoms with Crippen molar-refractivity contribution in [1.82, 2.24) is 68.5 Å². The average molecular weight is 2090 g/mol. The zero-order valence-corrected chi connectivity index (χ0v) is 82.3. The van der Waals surface area contributed by atoms with Gasteiger partial charge in [0.2, 0.25) is 12.5 Å². The molecule has 54 nitrogen and oxygen atoms in total. The predicted molar refractivity (Wildman–Crippen MR) is 496 cm³/mol. The van der Waals surface area contributed by atoms with Crippen molar-refractivity contribution in [1.29, 1.82) is 0 Å². The van der Waals surface area contributed by atoms with Crippen molar-refractivity contribution in [2.24, 2.45) is 11.8 Å². The fraction of sp³-hybridized carbons (Fsp3) is 0.724. The van der Waals surface area contributed by atoms with Crippen molar-refractivity contribution in [3.8, 4) is 0 Å². The Morgan fingerprint density at radius 2 is 0.517 bits per heavy atom. The van der Waals surface area contributed by atoms with Crippen LogP contribution in [0.1, 0.15) is 135 Å². The summed E-state index contributed by atoms with van der Waals surface area (Å²) in [5.74, 6) is -6.40. The van der Waals surface area contributed by atoms with E-state index in [1.807, 2.05) is 0 Å². The molecule has 5 heterocycles. The number of aliphatic hydroxyl groups is 4. The number of esters is 7. The van der Waals surface area contributed by atoms with Gasteiger partial charge in [0.15, 0.2) is 6.17 Å². The SMILES string of the molecule is C=CCn1c(=O)n(CCC(=O)OCCn2c(=O)n(CCO)c(=O)n(CCOC)c2=O)c(=O)n(CCC(=O)OC(F)C(F)C(F)C(F)OC)c1=O.COCCCCCCCCOC(=O)C1CCC(C(=O)OCCn2c(=O)n(CCO)c(=O)n(CCOC)c2=O)CC1.COCCCCCCCOC(=O)CCn1c(=O)n(CCC(=O)OCCn2c(=O)n(CCO)c(=O)n(CCOC)c2=O)c(=O)n(CCC(=O)OCC(C)O)c1=O. The first-order valence-corrected chi connectivity index (χ1v) is 46.8. The first-order valence-electron chi connectivity index (χ1n) is 46.8. The molecule has 1 fully saturated rings. The Bertz CT molecular complexity index is 5990. The molecular formula is C87H133F4N15O39. The van der Waals surface area contributed by atoms with E-state index in [4.69, 9.17) is 52.1 Å². The maximum atomic E-state index is 13.9. The third-order valence-corrected chi connectivity index (χ3v) is 22.1. The smallest absolute Gasteiger partial charge is 0.336 e. The number of carbonyl (C=O) groups excluding carboxylic acids is 7. The lowest BCUT2D eigenvalue weighted by Gasteiger charge is -2.26. The van der Waals surface area contributed by atoms with Crippen LogP contribution in [0.4, 0.5) is 17.6 Å². The van der Waals surface area contributed by atoms with Crippen LogP contribution in [0.25, 0.3) is 0 Å². The standard InChI is InChI=1S/C33H52N6O16.C27H36F4N6O13.C27H45N3O10/c1-24(41)23-55-27(44)11-14-36-29(46)34(12-9-25(42)53-20-8-6-4-5-7-19-51-2)28(45)35(30(36)47)13-10-26(43)54-22-17-39-32(49)37(15-18-40)31(48)38(33(39)50)16-21-52-3;1-4-7-32-22(41)33(24(43)34(23(32)42)9-6-17(40)50-21(31)19(29)18(28)20(30)48-3)8-5-16(39)49-15-12-37-26(45)35(10-13-38)25(44)36(27(37)46)11-14-47-2;1-37-17-7-5-3-4-6-8-18-39-23(32)21-9-11-22(12-10-21)24(33)40-20-15-30-26(35)28(13-16-31)25(34)29(27(30)36)14-19-38-2/h24,40-41H,4-23H2,1-3H3;4,18-21,38H,1,5-15H2,2-3H3;21-22,31H,3-20H2,1-2H3. The Kier molecular flexibility index (Phi) is 57.8. The summed E-state index contributed by atoms with van der Waals surface area (Å²) < 4.78 is 127. The van der Waals surface area contributed by atoms with Gasteiger partial charge in [0.1, 0.15) is 26.4 Å². The van der Waals surface area contributed by atoms with Crippen LogP contribution < -0.4 is 85.3 Å². The number of aliphatic hydroxyl groups excluding tert-OH is 4. The second kappa shape index (κ2) is 67.2. The molecule has 5 atom stereocenters. The van der Waals surface area contributed by atoms with Crippen LogP contribution in [0.5, 0.6) is 0 Å². The first kappa shape index (κ1) is 125. The summed E-state index contributed by atoms with van der Waals surface area (Å²) in [4.78, 5) is 280. The number of methoxy groups -OCH3 is 6. The van der Waals surface area contributed by atoms with E-state index in [2.05, 4.69) is 16.1 Å². The molecule has 4 N–H and O–H groups in total. The van der Waals surface area contributed by atoms with Gasteiger partial charge in [-0.15, -0.1) is 6.58 Å². The molecule has 145 heavy (non-hydrogen) atoms. The van der Waals surface area contributed by atoms with Gasteiger partial charge in [0.25, 0.3) is 6.36 Å². The van der Waals surface area contributed by atoms with Crippen LogP contribution >= 0.6 is 0 Å². The molecule has 0 radical (unpaired) electrons. The zero-order valence-electron chi connectivity index (χ0n) is 82.3. The first-order chi connectivity index (χ1) is 69.3. The predicted octanol–water partition coefficient (Wildman–Crippen LogP) is -5.57. The summed E-state index contributed by atoms with van der Waals surface area (Å²) in [6.45, 7) is -3.11. The minimum Gasteiger partial charge on any atom is -0.466 e. The summed E-state index contributed by atoms with van der Waals surface area (Å²) in [7, 11) is 8.09. The quantitative estimate of drug-likeness (QED) is 0.00927. The molecule has 1 saturated carbocycles. The van der Waals surface area contributed by atoms with E-state index in [-0.39, 0.29) is 90.2 Å². The lowest BCUT2D eigenvalue weighted by Crippen LogP contribution is -2.55. The number of rotatable bonds is 67. The number of nitrogens with zero attached hydrogens (tertiary/aromatic N) is 15. The summed E-state index contributed by atoms with van der Waals surface area (Å²) in [5.41, 5.74) is -15.9. The number of halogens is 4. The highest BCUT2D eigenvalue weighted by Gasteiger charge is 2.39. The number of hydrogen-bond acceptors (Lipinski definition) is 39. The molecular weight excluding hydrogens is 1960 g/mol. The highest BCUT2D eigenvalue weighted by atomic mass is 19.2. The number of unbranched alkanes of at least 4 members (excludes halogenated alkanes) is 9. The van der Waals surface area contributed by atoms with Crippen molar-refractivity contribution in [3.63, 3.8) is 0 Å². The molecule has 1 aliphatic rings. The summed E-state index contributed by atoms with van der Waals surface area (Å²) in [6.07, 6.45) is -2.94. The number of hydrogen-bond donors (Lipinski definition) is 4. The maximum absolute atomic E-state index is 13.9. The van der Waals surface area contributed by atoms with Crippen molar-refractivity contribution >= 4 is 41.8 Å². The van der Waals surface area contributed by atoms with Crippen LogP contribution in [0, 0.1) is 11.8 Å². The molecule has 0 aliphatic heterocycles. The van der Waals surface area contributed by atoms with Crippen molar-refractivity contribution in [2.75, 3.05) is 135 Å². The minimum absolute atomic E-state index is 0.0383. The Morgan fingerprint density at radius 3 is 0.793 bits per heavy atom. The van der Waals surface area contributed by atoms with Crippen LogP contribution in [0.3, 0.4) is 0 Å². The number of aromatic nitrogens is 15. The van der Waals surface area contributed by atoms with E-state index in [0.717, 1.165) is 95.2 Å². The third kappa shape index (κ3) is 39.4. The highest BCUT2D eigenvalue weighted by Crippen LogP contribution is 2.31. The van der Waals surface area contributed by atoms with E-state index in [9.17, 15) is 143 Å². The fourth-order valence-corrected chi connectivity index (χ4v) is 14.2. The lowest BCUT2D eigenvalue weighted by atomic mass is 9.82. The molecule has 58 heteroatoms. The van der Waals surface area contributed by atoms with Crippen LogP contribution in [-0.4, -0.2) is 297 Å². The number of allylic oxidation sites excluding steroid dienone is 1. The third-order valence-electron chi connectivity index (χ3n) is 22.1. The highest BCUT2D eigenvalue weighted by molar-refractivity contribution is 5.75. The van der Waals surface area contributed by atoms with Gasteiger partial charge in [-0.1, -0.05) is 51.0 Å². The Balaban J connectivity index is 0.000000459. The fourth-order valence-electron chi connectivity index (χ4n) is 14.2. The number of alkyl halides is 4. The minimum atomic E-state index is -3.28. The van der Waals surface area contributed by atoms with Gasteiger partial charge in [-0.25, -0.2) is 154 Å². The van der Waals surface area contributed by atoms with Crippen LogP contribution in [0.15, 0.2) is 84.6 Å². The second-order valence-electron chi connectivity index (χ2n) is 32.4. The molecule has 0 amide bonds. The van der Waals surface area contributed by atoms with Gasteiger partial charge in [0, 0.05) is 88.6 Å². The Morgan fingerprint density at radius 1 is 0.297 bits per heavy atom. The second-order valence-corrected chi connectivity index (χ2v) is 32.4. The lowest BCUT2D eigenvalue weighted by molar-refractivity contribution is -0.177. The molecule has 5 aromatic rings. The molecule has 0 aromatic carbocycles. The van der Waals surface area contributed by atoms with Gasteiger partial charge in [-0.05, 0) is 58.3 Å². The summed E-state index contributed by atoms with van der Waals surface area (Å²) in [5, 5.41) is 37.1. The normalized spacial score (nSPS) is 13.9. The maximum Gasteiger partial charge on any atom is 0.336 e. The van der Waals surface area contributed by atoms with E-state index in [1.54, 1.807) is 14.2 Å². The van der Waals surface area contributed by atoms with Crippen LogP contribution in [-0.2, 0) is 193 Å². The van der Waals surface area contributed by atoms with Gasteiger partial charge in [-0.2, -0.15) is 4.39 Å². The van der Waals surface area contributed by atoms with Crippen molar-refractivity contribution in [2.45, 2.75) is 265 Å². The summed E-state index contributed by atoms with van der Waals surface area (Å²) >= 11 is 0. The largest absolute Gasteiger partial charge is 0.466 e. The van der Waals surface area contributed by atoms with Gasteiger partial charge < -0.3 is 82.0 Å². The number of ether oxygens (including phenoxy) is 13. The van der Waals surface area contributed by atoms with Crippen molar-refractivity contribution < 1.29 is 133 Å². The van der Waals surface area contributed by atoms with E-state index in [1.165, 1.54) is 28.3 Å². The molecule has 0 bridgehead atoms. The molecule has 1 aliphatic carbocycles. The molecule has 0 saturated heterocycles. The zero-order chi connectivity index (χ0) is 108. The van der Waals surface area contributed by atoms with Gasteiger partial charge >= 0.3 is 127 Å². The van der Waals surface area contributed by atoms with E-state index < -0.39 is 283 Å². The van der Waals surface area contributed by atoms with Crippen molar-refractivity contribution in [3.05, 3.63) is 170 Å².